The fourth-order valence-electron chi connectivity index (χ4n) is 3.44. The standard InChI is InChI=1S/C25H27NO3/c1-3-4-5-22(19-10-15-23(26)24(16-19)29-2)25(17-6-11-20(27)12-7-17)18-8-13-21(28)14-9-18/h6-16,27-28H,3-5,26H2,1-2H3. The average molecular weight is 389 g/mol. The summed E-state index contributed by atoms with van der Waals surface area (Å²) in [4.78, 5) is 0. The van der Waals surface area contributed by atoms with Crippen molar-refractivity contribution in [2.75, 3.05) is 12.8 Å². The van der Waals surface area contributed by atoms with Crippen LogP contribution < -0.4 is 10.5 Å². The fraction of sp³-hybridized carbons (Fsp3) is 0.200. The minimum atomic E-state index is 0.225. The molecule has 0 bridgehead atoms. The van der Waals surface area contributed by atoms with E-state index in [0.29, 0.717) is 11.4 Å². The quantitative estimate of drug-likeness (QED) is 0.351. The highest BCUT2D eigenvalue weighted by Gasteiger charge is 2.15. The summed E-state index contributed by atoms with van der Waals surface area (Å²) in [6.07, 6.45) is 2.97. The van der Waals surface area contributed by atoms with Crippen LogP contribution in [-0.4, -0.2) is 17.3 Å². The molecule has 0 saturated heterocycles. The number of nitrogens with two attached hydrogens (primary N) is 1. The molecule has 3 aromatic rings. The number of hydrogen-bond acceptors (Lipinski definition) is 4. The van der Waals surface area contributed by atoms with Gasteiger partial charge in [-0.25, -0.2) is 0 Å². The molecule has 0 aliphatic carbocycles. The van der Waals surface area contributed by atoms with Gasteiger partial charge in [-0.3, -0.25) is 0 Å². The van der Waals surface area contributed by atoms with Crippen LogP contribution in [0.2, 0.25) is 0 Å². The third-order valence-electron chi connectivity index (χ3n) is 4.98. The molecule has 4 heteroatoms. The monoisotopic (exact) mass is 389 g/mol. The number of phenolic OH excluding ortho intramolecular Hbond substituents is 2. The lowest BCUT2D eigenvalue weighted by molar-refractivity contribution is 0.417. The van der Waals surface area contributed by atoms with Gasteiger partial charge in [0, 0.05) is 0 Å². The zero-order chi connectivity index (χ0) is 20.8. The number of benzene rings is 3. The second-order valence-corrected chi connectivity index (χ2v) is 7.01. The lowest BCUT2D eigenvalue weighted by atomic mass is 9.86. The highest BCUT2D eigenvalue weighted by atomic mass is 16.5. The minimum Gasteiger partial charge on any atom is -0.508 e. The molecule has 0 aliphatic heterocycles. The number of phenols is 2. The van der Waals surface area contributed by atoms with Gasteiger partial charge in [0.2, 0.25) is 0 Å². The van der Waals surface area contributed by atoms with E-state index in [1.807, 2.05) is 42.5 Å². The van der Waals surface area contributed by atoms with E-state index >= 15 is 0 Å². The summed E-state index contributed by atoms with van der Waals surface area (Å²) in [7, 11) is 1.62. The molecule has 4 nitrogen and oxygen atoms in total. The number of rotatable bonds is 7. The van der Waals surface area contributed by atoms with Crippen molar-refractivity contribution in [3.63, 3.8) is 0 Å². The molecular formula is C25H27NO3. The molecule has 0 heterocycles. The Balaban J connectivity index is 2.29. The van der Waals surface area contributed by atoms with Crippen LogP contribution in [0.5, 0.6) is 17.2 Å². The van der Waals surface area contributed by atoms with Crippen molar-refractivity contribution in [2.45, 2.75) is 26.2 Å². The summed E-state index contributed by atoms with van der Waals surface area (Å²) >= 11 is 0. The van der Waals surface area contributed by atoms with Crippen LogP contribution in [0.15, 0.2) is 66.7 Å². The molecule has 0 spiro atoms. The molecule has 0 amide bonds. The van der Waals surface area contributed by atoms with Gasteiger partial charge in [0.25, 0.3) is 0 Å². The fourth-order valence-corrected chi connectivity index (χ4v) is 3.44. The zero-order valence-electron chi connectivity index (χ0n) is 16.9. The Morgan fingerprint density at radius 3 is 1.83 bits per heavy atom. The third kappa shape index (κ3) is 4.72. The van der Waals surface area contributed by atoms with Crippen LogP contribution in [0.4, 0.5) is 5.69 Å². The number of hydrogen-bond donors (Lipinski definition) is 3. The predicted molar refractivity (Wildman–Crippen MR) is 119 cm³/mol. The van der Waals surface area contributed by atoms with Crippen molar-refractivity contribution in [3.05, 3.63) is 83.4 Å². The number of unbranched alkanes of at least 4 members (excludes halogenated alkanes) is 1. The highest BCUT2D eigenvalue weighted by molar-refractivity contribution is 5.99. The SMILES string of the molecule is CCCCC(=C(c1ccc(O)cc1)c1ccc(O)cc1)c1ccc(N)c(OC)c1. The molecule has 3 aromatic carbocycles. The van der Waals surface area contributed by atoms with Crippen molar-refractivity contribution in [2.24, 2.45) is 0 Å². The van der Waals surface area contributed by atoms with E-state index in [0.717, 1.165) is 41.5 Å². The van der Waals surface area contributed by atoms with Gasteiger partial charge in [0.15, 0.2) is 0 Å². The van der Waals surface area contributed by atoms with Gasteiger partial charge >= 0.3 is 0 Å². The molecule has 29 heavy (non-hydrogen) atoms. The van der Waals surface area contributed by atoms with Crippen molar-refractivity contribution >= 4 is 16.8 Å². The van der Waals surface area contributed by atoms with Gasteiger partial charge in [0.05, 0.1) is 12.8 Å². The van der Waals surface area contributed by atoms with Crippen LogP contribution in [0.3, 0.4) is 0 Å². The molecule has 4 N–H and O–H groups in total. The van der Waals surface area contributed by atoms with Gasteiger partial charge in [0.1, 0.15) is 17.2 Å². The number of nitrogen functional groups attached to an aromatic ring is 1. The maximum absolute atomic E-state index is 9.76. The van der Waals surface area contributed by atoms with Crippen LogP contribution in [-0.2, 0) is 0 Å². The van der Waals surface area contributed by atoms with Crippen LogP contribution >= 0.6 is 0 Å². The summed E-state index contributed by atoms with van der Waals surface area (Å²) in [5, 5.41) is 19.5. The molecule has 3 rings (SSSR count). The second-order valence-electron chi connectivity index (χ2n) is 7.01. The van der Waals surface area contributed by atoms with Crippen molar-refractivity contribution in [1.82, 2.24) is 0 Å². The topological polar surface area (TPSA) is 75.7 Å². The first-order valence-electron chi connectivity index (χ1n) is 9.79. The van der Waals surface area contributed by atoms with Crippen molar-refractivity contribution in [1.29, 1.82) is 0 Å². The van der Waals surface area contributed by atoms with Gasteiger partial charge < -0.3 is 20.7 Å². The Morgan fingerprint density at radius 1 is 0.828 bits per heavy atom. The number of ether oxygens (including phenoxy) is 1. The Morgan fingerprint density at radius 2 is 1.34 bits per heavy atom. The molecule has 0 atom stereocenters. The number of allylic oxidation sites excluding steroid dienone is 1. The van der Waals surface area contributed by atoms with Gasteiger partial charge in [-0.15, -0.1) is 0 Å². The summed E-state index contributed by atoms with van der Waals surface area (Å²) in [6, 6.07) is 20.3. The van der Waals surface area contributed by atoms with Crippen LogP contribution in [0.1, 0.15) is 42.9 Å². The van der Waals surface area contributed by atoms with Crippen molar-refractivity contribution in [3.8, 4) is 17.2 Å². The lowest BCUT2D eigenvalue weighted by Gasteiger charge is -2.18. The van der Waals surface area contributed by atoms with E-state index < -0.39 is 0 Å². The maximum atomic E-state index is 9.76. The molecular weight excluding hydrogens is 362 g/mol. The lowest BCUT2D eigenvalue weighted by Crippen LogP contribution is -1.98. The molecule has 0 fully saturated rings. The van der Waals surface area contributed by atoms with E-state index in [2.05, 4.69) is 6.92 Å². The normalized spacial score (nSPS) is 10.6. The maximum Gasteiger partial charge on any atom is 0.142 e. The van der Waals surface area contributed by atoms with E-state index in [1.165, 1.54) is 5.57 Å². The predicted octanol–water partition coefficient (Wildman–Crippen LogP) is 5.84. The van der Waals surface area contributed by atoms with Crippen LogP contribution in [0, 0.1) is 0 Å². The highest BCUT2D eigenvalue weighted by Crippen LogP contribution is 2.38. The summed E-state index contributed by atoms with van der Waals surface area (Å²) in [5.74, 6) is 1.10. The number of methoxy groups -OCH3 is 1. The zero-order valence-corrected chi connectivity index (χ0v) is 16.9. The first kappa shape index (κ1) is 20.3. The van der Waals surface area contributed by atoms with E-state index in [1.54, 1.807) is 31.4 Å². The number of aromatic hydroxyl groups is 2. The Kier molecular flexibility index (Phi) is 6.45. The van der Waals surface area contributed by atoms with Gasteiger partial charge in [-0.1, -0.05) is 43.7 Å². The Hall–Kier alpha value is -3.40. The van der Waals surface area contributed by atoms with Gasteiger partial charge in [-0.2, -0.15) is 0 Å². The Bertz CT molecular complexity index is 942. The summed E-state index contributed by atoms with van der Waals surface area (Å²) in [5.41, 5.74) is 11.9. The Labute approximate surface area is 171 Å². The molecule has 0 saturated carbocycles. The summed E-state index contributed by atoms with van der Waals surface area (Å²) < 4.78 is 5.45. The molecule has 0 aliphatic rings. The molecule has 0 unspecified atom stereocenters. The second kappa shape index (κ2) is 9.20. The molecule has 150 valence electrons. The first-order chi connectivity index (χ1) is 14.0. The summed E-state index contributed by atoms with van der Waals surface area (Å²) in [6.45, 7) is 2.17. The van der Waals surface area contributed by atoms with E-state index in [4.69, 9.17) is 10.5 Å². The van der Waals surface area contributed by atoms with Crippen LogP contribution in [0.25, 0.3) is 11.1 Å². The molecule has 0 aromatic heterocycles. The number of anilines is 1. The van der Waals surface area contributed by atoms with Gasteiger partial charge in [-0.05, 0) is 77.1 Å². The largest absolute Gasteiger partial charge is 0.508 e. The minimum absolute atomic E-state index is 0.225. The third-order valence-corrected chi connectivity index (χ3v) is 4.98. The van der Waals surface area contributed by atoms with E-state index in [-0.39, 0.29) is 11.5 Å². The smallest absolute Gasteiger partial charge is 0.142 e. The average Bonchev–Trinajstić information content (AvgIpc) is 2.73. The van der Waals surface area contributed by atoms with E-state index in [9.17, 15) is 10.2 Å². The van der Waals surface area contributed by atoms with Crippen molar-refractivity contribution < 1.29 is 14.9 Å². The molecule has 0 radical (unpaired) electrons. The first-order valence-corrected chi connectivity index (χ1v) is 9.79.